The Morgan fingerprint density at radius 2 is 2.11 bits per heavy atom. The Balaban J connectivity index is 1.97. The number of quaternary nitrogens is 1. The highest BCUT2D eigenvalue weighted by atomic mass is 32.2. The Morgan fingerprint density at radius 1 is 1.37 bits per heavy atom. The van der Waals surface area contributed by atoms with Crippen molar-refractivity contribution in [2.24, 2.45) is 5.92 Å². The smallest absolute Gasteiger partial charge is 0.274 e. The number of aromatic nitrogens is 1. The van der Waals surface area contributed by atoms with E-state index in [-0.39, 0.29) is 11.5 Å². The molecule has 1 saturated heterocycles. The fraction of sp³-hybridized carbons (Fsp3) is 0.611. The van der Waals surface area contributed by atoms with E-state index in [1.54, 1.807) is 18.2 Å². The highest BCUT2D eigenvalue weighted by molar-refractivity contribution is 7.89. The van der Waals surface area contributed by atoms with Crippen molar-refractivity contribution in [3.63, 3.8) is 0 Å². The van der Waals surface area contributed by atoms with Crippen LogP contribution < -0.4 is 4.90 Å². The van der Waals surface area contributed by atoms with Gasteiger partial charge >= 0.3 is 0 Å². The number of nitrogens with one attached hydrogen (secondary N) is 1. The number of benzene rings is 1. The van der Waals surface area contributed by atoms with Crippen molar-refractivity contribution in [3.05, 3.63) is 23.0 Å². The van der Waals surface area contributed by atoms with E-state index in [1.807, 2.05) is 18.4 Å². The third-order valence-corrected chi connectivity index (χ3v) is 7.69. The maximum absolute atomic E-state index is 12.9. The Kier molecular flexibility index (Phi) is 6.37. The van der Waals surface area contributed by atoms with Crippen LogP contribution in [0.15, 0.2) is 27.5 Å². The normalized spacial score (nSPS) is 21.2. The van der Waals surface area contributed by atoms with E-state index in [2.05, 4.69) is 0 Å². The summed E-state index contributed by atoms with van der Waals surface area (Å²) in [6, 6.07) is 4.92. The van der Waals surface area contributed by atoms with E-state index < -0.39 is 10.0 Å². The third kappa shape index (κ3) is 4.12. The van der Waals surface area contributed by atoms with Gasteiger partial charge in [0.05, 0.1) is 30.1 Å². The number of fused-ring (bicyclic) bond motifs is 1. The van der Waals surface area contributed by atoms with Crippen molar-refractivity contribution in [2.45, 2.75) is 38.3 Å². The molecular weight excluding hydrogens is 386 g/mol. The first-order valence-corrected chi connectivity index (χ1v) is 11.3. The lowest BCUT2D eigenvalue weighted by atomic mass is 9.99. The SMILES string of the molecule is CCN(CC)S(=O)(=O)c1ccc2oc(=S)n(C[NH+]3CCC[C@@H](CO)C3)c2c1. The number of aliphatic hydroxyl groups excluding tert-OH is 1. The lowest BCUT2D eigenvalue weighted by Gasteiger charge is -2.28. The van der Waals surface area contributed by atoms with Gasteiger partial charge in [-0.1, -0.05) is 13.8 Å². The van der Waals surface area contributed by atoms with Crippen LogP contribution in [-0.2, 0) is 16.7 Å². The van der Waals surface area contributed by atoms with E-state index in [4.69, 9.17) is 16.6 Å². The molecule has 1 aromatic carbocycles. The fourth-order valence-electron chi connectivity index (χ4n) is 3.84. The molecule has 0 aliphatic carbocycles. The van der Waals surface area contributed by atoms with Crippen LogP contribution in [0.3, 0.4) is 0 Å². The van der Waals surface area contributed by atoms with Gasteiger partial charge in [-0.15, -0.1) is 0 Å². The van der Waals surface area contributed by atoms with E-state index in [1.165, 1.54) is 9.21 Å². The number of likely N-dealkylation sites (tertiary alicyclic amines) is 1. The number of rotatable bonds is 7. The molecule has 2 atom stereocenters. The second kappa shape index (κ2) is 8.40. The second-order valence-electron chi connectivity index (χ2n) is 7.07. The molecule has 2 aromatic rings. The minimum atomic E-state index is -3.54. The number of piperidine rings is 1. The Hall–Kier alpha value is -1.26. The summed E-state index contributed by atoms with van der Waals surface area (Å²) < 4.78 is 34.7. The zero-order valence-electron chi connectivity index (χ0n) is 15.8. The summed E-state index contributed by atoms with van der Waals surface area (Å²) in [6.45, 7) is 7.20. The van der Waals surface area contributed by atoms with Crippen molar-refractivity contribution in [2.75, 3.05) is 32.8 Å². The topological polar surface area (TPSA) is 80.1 Å². The lowest BCUT2D eigenvalue weighted by Crippen LogP contribution is -3.13. The van der Waals surface area contributed by atoms with Gasteiger partial charge in [-0.2, -0.15) is 4.31 Å². The molecule has 0 radical (unpaired) electrons. The second-order valence-corrected chi connectivity index (χ2v) is 9.36. The van der Waals surface area contributed by atoms with Gasteiger partial charge in [0.25, 0.3) is 4.84 Å². The van der Waals surface area contributed by atoms with Crippen LogP contribution in [0.4, 0.5) is 0 Å². The number of sulfonamides is 1. The Bertz CT molecular complexity index is 947. The van der Waals surface area contributed by atoms with Crippen LogP contribution >= 0.6 is 12.2 Å². The largest absolute Gasteiger partial charge is 0.429 e. The van der Waals surface area contributed by atoms with Gasteiger partial charge in [-0.05, 0) is 43.3 Å². The number of nitrogens with zero attached hydrogens (tertiary/aromatic N) is 2. The quantitative estimate of drug-likeness (QED) is 0.667. The zero-order valence-corrected chi connectivity index (χ0v) is 17.5. The first kappa shape index (κ1) is 20.5. The molecule has 1 fully saturated rings. The summed E-state index contributed by atoms with van der Waals surface area (Å²) in [4.78, 5) is 1.92. The van der Waals surface area contributed by atoms with Gasteiger partial charge in [0.15, 0.2) is 12.3 Å². The number of hydrogen-bond donors (Lipinski definition) is 2. The standard InChI is InChI=1S/C18H27N3O4S2/c1-3-20(4-2)27(23,24)15-7-8-17-16(10-15)21(18(26)25-17)13-19-9-5-6-14(11-19)12-22/h7-8,10,14,22H,3-6,9,11-13H2,1-2H3/p+1/t14-/m1/s1. The predicted molar refractivity (Wildman–Crippen MR) is 106 cm³/mol. The molecule has 2 heterocycles. The number of oxazole rings is 1. The average molecular weight is 415 g/mol. The summed E-state index contributed by atoms with van der Waals surface area (Å²) >= 11 is 5.39. The number of aliphatic hydroxyl groups is 1. The van der Waals surface area contributed by atoms with Crippen LogP contribution in [0.2, 0.25) is 0 Å². The molecule has 2 N–H and O–H groups in total. The van der Waals surface area contributed by atoms with E-state index in [9.17, 15) is 13.5 Å². The molecule has 1 aromatic heterocycles. The molecule has 1 aliphatic rings. The molecule has 1 unspecified atom stereocenters. The summed E-state index contributed by atoms with van der Waals surface area (Å²) in [6.07, 6.45) is 2.11. The van der Waals surface area contributed by atoms with Crippen molar-refractivity contribution in [1.29, 1.82) is 0 Å². The van der Waals surface area contributed by atoms with Gasteiger partial charge in [0, 0.05) is 19.0 Å². The number of hydrogen-bond acceptors (Lipinski definition) is 5. The van der Waals surface area contributed by atoms with E-state index in [0.717, 1.165) is 25.9 Å². The molecule has 3 rings (SSSR count). The third-order valence-electron chi connectivity index (χ3n) is 5.34. The molecule has 0 saturated carbocycles. The van der Waals surface area contributed by atoms with Gasteiger partial charge in [-0.25, -0.2) is 8.42 Å². The van der Waals surface area contributed by atoms with Gasteiger partial charge in [-0.3, -0.25) is 4.57 Å². The van der Waals surface area contributed by atoms with Crippen molar-refractivity contribution in [1.82, 2.24) is 8.87 Å². The molecule has 1 aliphatic heterocycles. The monoisotopic (exact) mass is 414 g/mol. The van der Waals surface area contributed by atoms with Gasteiger partial charge in [0.1, 0.15) is 0 Å². The van der Waals surface area contributed by atoms with Crippen LogP contribution in [0, 0.1) is 10.8 Å². The highest BCUT2D eigenvalue weighted by Gasteiger charge is 2.26. The molecule has 0 amide bonds. The molecule has 9 heteroatoms. The van der Waals surface area contributed by atoms with E-state index in [0.29, 0.717) is 41.6 Å². The molecule has 150 valence electrons. The summed E-state index contributed by atoms with van der Waals surface area (Å²) in [5.41, 5.74) is 1.29. The van der Waals surface area contributed by atoms with Gasteiger partial charge < -0.3 is 14.4 Å². The molecule has 0 bridgehead atoms. The Morgan fingerprint density at radius 3 is 2.78 bits per heavy atom. The summed E-state index contributed by atoms with van der Waals surface area (Å²) in [7, 11) is -3.54. The van der Waals surface area contributed by atoms with Crippen LogP contribution in [0.5, 0.6) is 0 Å². The zero-order chi connectivity index (χ0) is 19.6. The first-order chi connectivity index (χ1) is 12.9. The van der Waals surface area contributed by atoms with Gasteiger partial charge in [0.2, 0.25) is 10.0 Å². The first-order valence-electron chi connectivity index (χ1n) is 9.48. The minimum Gasteiger partial charge on any atom is -0.429 e. The van der Waals surface area contributed by atoms with Crippen molar-refractivity contribution in [3.8, 4) is 0 Å². The molecule has 0 spiro atoms. The van der Waals surface area contributed by atoms with Crippen LogP contribution in [0.1, 0.15) is 26.7 Å². The lowest BCUT2D eigenvalue weighted by molar-refractivity contribution is -0.931. The van der Waals surface area contributed by atoms with Crippen LogP contribution in [-0.4, -0.2) is 55.2 Å². The minimum absolute atomic E-state index is 0.202. The summed E-state index contributed by atoms with van der Waals surface area (Å²) in [5, 5.41) is 9.46. The molecular formula is C18H28N3O4S2+. The Labute approximate surface area is 165 Å². The highest BCUT2D eigenvalue weighted by Crippen LogP contribution is 2.23. The maximum Gasteiger partial charge on any atom is 0.274 e. The summed E-state index contributed by atoms with van der Waals surface area (Å²) in [5.74, 6) is 0.305. The average Bonchev–Trinajstić information content (AvgIpc) is 2.97. The predicted octanol–water partition coefficient (Wildman–Crippen LogP) is 1.24. The fourth-order valence-corrected chi connectivity index (χ4v) is 5.57. The maximum atomic E-state index is 12.9. The van der Waals surface area contributed by atoms with E-state index >= 15 is 0 Å². The van der Waals surface area contributed by atoms with Crippen molar-refractivity contribution < 1.29 is 22.8 Å². The molecule has 7 nitrogen and oxygen atoms in total. The van der Waals surface area contributed by atoms with Crippen LogP contribution in [0.25, 0.3) is 11.1 Å². The molecule has 27 heavy (non-hydrogen) atoms. The van der Waals surface area contributed by atoms with Crippen molar-refractivity contribution >= 4 is 33.3 Å².